The molecule has 0 fully saturated rings. The summed E-state index contributed by atoms with van der Waals surface area (Å²) in [5.74, 6) is -0.232. The molecule has 0 spiro atoms. The number of ketones is 1. The number of carbonyl (C=O) groups excluding carboxylic acids is 1. The third-order valence-corrected chi connectivity index (χ3v) is 5.81. The second-order valence-electron chi connectivity index (χ2n) is 5.57. The van der Waals surface area contributed by atoms with E-state index in [9.17, 15) is 14.6 Å². The number of Topliss-reactive ketones (excluding diaryl/α,β-unsaturated/α-hetero) is 1. The second-order valence-corrected chi connectivity index (χ2v) is 8.78. The van der Waals surface area contributed by atoms with E-state index in [0.29, 0.717) is 16.6 Å². The zero-order chi connectivity index (χ0) is 17.6. The van der Waals surface area contributed by atoms with Crippen LogP contribution in [0.3, 0.4) is 0 Å². The third kappa shape index (κ3) is 6.48. The molecule has 2 rings (SSSR count). The fourth-order valence-electron chi connectivity index (χ4n) is 2.27. The van der Waals surface area contributed by atoms with E-state index in [4.69, 9.17) is 23.2 Å². The van der Waals surface area contributed by atoms with Gasteiger partial charge in [0.1, 0.15) is 6.16 Å². The molecule has 2 aromatic rings. The van der Waals surface area contributed by atoms with Gasteiger partial charge in [-0.3, -0.25) is 4.79 Å². The summed E-state index contributed by atoms with van der Waals surface area (Å²) in [5, 5.41) is 3.92. The molecule has 0 aliphatic carbocycles. The lowest BCUT2D eigenvalue weighted by molar-refractivity contribution is -0.116. The Labute approximate surface area is 151 Å². The molecule has 2 aromatic carbocycles. The van der Waals surface area contributed by atoms with Gasteiger partial charge in [0.15, 0.2) is 11.9 Å². The molecule has 0 aliphatic rings. The highest BCUT2D eigenvalue weighted by Crippen LogP contribution is 2.52. The smallest absolute Gasteiger partial charge is 0.279 e. The Bertz CT molecular complexity index is 695. The number of benzene rings is 2. The van der Waals surface area contributed by atoms with Gasteiger partial charge in [-0.2, -0.15) is 0 Å². The summed E-state index contributed by atoms with van der Waals surface area (Å²) in [7, 11) is -3.28. The highest BCUT2D eigenvalue weighted by Gasteiger charge is 2.36. The summed E-state index contributed by atoms with van der Waals surface area (Å²) in [6.07, 6.45) is -0.108. The van der Waals surface area contributed by atoms with Crippen molar-refractivity contribution in [3.63, 3.8) is 0 Å². The predicted molar refractivity (Wildman–Crippen MR) is 99.5 cm³/mol. The van der Waals surface area contributed by atoms with Gasteiger partial charge in [0.05, 0.1) is 16.6 Å². The molecule has 0 aliphatic heterocycles. The molecule has 0 amide bonds. The molecule has 0 saturated heterocycles. The van der Waals surface area contributed by atoms with Crippen molar-refractivity contribution in [1.29, 1.82) is 0 Å². The predicted octanol–water partition coefficient (Wildman–Crippen LogP) is 3.68. The normalized spacial score (nSPS) is 11.5. The number of hydrogen-bond donors (Lipinski definition) is 3. The number of nitrogens with one attached hydrogen (secondary N) is 1. The Morgan fingerprint density at radius 2 is 1.71 bits per heavy atom. The SMILES string of the molecule is O=C(CNCc1ccc(Cl)c(Cl)c1)C[P+](O)(O)Cc1ccccc1. The van der Waals surface area contributed by atoms with Crippen molar-refractivity contribution in [2.24, 2.45) is 0 Å². The average molecular weight is 387 g/mol. The summed E-state index contributed by atoms with van der Waals surface area (Å²) in [5.41, 5.74) is 1.71. The summed E-state index contributed by atoms with van der Waals surface area (Å²) in [6.45, 7) is 0.515. The minimum Gasteiger partial charge on any atom is -0.306 e. The Morgan fingerprint density at radius 3 is 2.38 bits per heavy atom. The fourth-order valence-corrected chi connectivity index (χ4v) is 4.17. The van der Waals surface area contributed by atoms with E-state index >= 15 is 0 Å². The van der Waals surface area contributed by atoms with Crippen LogP contribution in [-0.2, 0) is 17.5 Å². The van der Waals surface area contributed by atoms with Crippen molar-refractivity contribution in [3.8, 4) is 0 Å². The van der Waals surface area contributed by atoms with Crippen LogP contribution in [0.25, 0.3) is 0 Å². The highest BCUT2D eigenvalue weighted by molar-refractivity contribution is 7.64. The van der Waals surface area contributed by atoms with Crippen molar-refractivity contribution in [1.82, 2.24) is 5.32 Å². The van der Waals surface area contributed by atoms with Crippen LogP contribution in [0.2, 0.25) is 10.0 Å². The van der Waals surface area contributed by atoms with Gasteiger partial charge in [0.2, 0.25) is 0 Å². The maximum Gasteiger partial charge on any atom is 0.279 e. The molecule has 24 heavy (non-hydrogen) atoms. The molecule has 4 nitrogen and oxygen atoms in total. The Hall–Kier alpha value is -1.00. The van der Waals surface area contributed by atoms with Crippen LogP contribution in [0.1, 0.15) is 11.1 Å². The van der Waals surface area contributed by atoms with Crippen molar-refractivity contribution in [3.05, 3.63) is 69.7 Å². The summed E-state index contributed by atoms with van der Waals surface area (Å²) in [6, 6.07) is 14.4. The molecule has 0 radical (unpaired) electrons. The molecule has 0 unspecified atom stereocenters. The molecular weight excluding hydrogens is 368 g/mol. The first-order valence-corrected chi connectivity index (χ1v) is 10.2. The lowest BCUT2D eigenvalue weighted by Crippen LogP contribution is -2.26. The lowest BCUT2D eigenvalue weighted by atomic mass is 10.2. The van der Waals surface area contributed by atoms with E-state index in [1.54, 1.807) is 12.1 Å². The van der Waals surface area contributed by atoms with Gasteiger partial charge < -0.3 is 5.32 Å². The average Bonchev–Trinajstić information content (AvgIpc) is 2.50. The molecule has 0 atom stereocenters. The fraction of sp³-hybridized carbons (Fsp3) is 0.235. The minimum absolute atomic E-state index is 0.0674. The number of halogens is 2. The van der Waals surface area contributed by atoms with Gasteiger partial charge in [-0.15, -0.1) is 0 Å². The van der Waals surface area contributed by atoms with Crippen molar-refractivity contribution < 1.29 is 14.6 Å². The molecule has 0 saturated carbocycles. The Morgan fingerprint density at radius 1 is 1.00 bits per heavy atom. The van der Waals surface area contributed by atoms with E-state index in [1.165, 1.54) is 0 Å². The first-order valence-electron chi connectivity index (χ1n) is 7.38. The largest absolute Gasteiger partial charge is 0.306 e. The first kappa shape index (κ1) is 19.3. The van der Waals surface area contributed by atoms with Crippen LogP contribution >= 0.6 is 30.9 Å². The zero-order valence-electron chi connectivity index (χ0n) is 13.0. The van der Waals surface area contributed by atoms with Crippen LogP contribution in [0.15, 0.2) is 48.5 Å². The molecule has 3 N–H and O–H groups in total. The third-order valence-electron chi connectivity index (χ3n) is 3.34. The van der Waals surface area contributed by atoms with E-state index in [2.05, 4.69) is 5.32 Å². The van der Waals surface area contributed by atoms with Crippen molar-refractivity contribution >= 4 is 36.7 Å². The lowest BCUT2D eigenvalue weighted by Gasteiger charge is -2.12. The van der Waals surface area contributed by atoms with Gasteiger partial charge in [-0.1, -0.05) is 59.6 Å². The van der Waals surface area contributed by atoms with Gasteiger partial charge in [0.25, 0.3) is 7.72 Å². The second kappa shape index (κ2) is 8.91. The van der Waals surface area contributed by atoms with Crippen LogP contribution < -0.4 is 5.32 Å². The molecular formula is C17H19Cl2NO3P+. The van der Waals surface area contributed by atoms with Gasteiger partial charge in [0, 0.05) is 6.54 Å². The highest BCUT2D eigenvalue weighted by atomic mass is 35.5. The molecule has 128 valence electrons. The summed E-state index contributed by atoms with van der Waals surface area (Å²) < 4.78 is 0. The van der Waals surface area contributed by atoms with Crippen LogP contribution in [0.5, 0.6) is 0 Å². The van der Waals surface area contributed by atoms with E-state index in [0.717, 1.165) is 11.1 Å². The Kier molecular flexibility index (Phi) is 7.17. The van der Waals surface area contributed by atoms with E-state index in [1.807, 2.05) is 36.4 Å². The quantitative estimate of drug-likeness (QED) is 0.605. The van der Waals surface area contributed by atoms with Crippen molar-refractivity contribution in [2.75, 3.05) is 12.7 Å². The van der Waals surface area contributed by atoms with Crippen molar-refractivity contribution in [2.45, 2.75) is 12.7 Å². The van der Waals surface area contributed by atoms with Crippen LogP contribution in [-0.4, -0.2) is 28.3 Å². The molecule has 0 bridgehead atoms. The standard InChI is InChI=1S/C17H19Cl2NO3P/c18-16-7-6-14(8-17(16)19)9-20-10-15(21)12-24(22,23)11-13-4-2-1-3-5-13/h1-8,20,22-23H,9-12H2/q+1. The summed E-state index contributed by atoms with van der Waals surface area (Å²) in [4.78, 5) is 32.2. The first-order chi connectivity index (χ1) is 11.4. The topological polar surface area (TPSA) is 69.6 Å². The molecule has 0 aromatic heterocycles. The van der Waals surface area contributed by atoms with Gasteiger partial charge in [-0.25, -0.2) is 9.79 Å². The molecule has 7 heteroatoms. The Balaban J connectivity index is 1.78. The van der Waals surface area contributed by atoms with E-state index in [-0.39, 0.29) is 24.7 Å². The maximum atomic E-state index is 12.0. The number of hydrogen-bond acceptors (Lipinski definition) is 4. The van der Waals surface area contributed by atoms with Crippen LogP contribution in [0, 0.1) is 0 Å². The molecule has 0 heterocycles. The number of carbonyl (C=O) groups is 1. The monoisotopic (exact) mass is 386 g/mol. The maximum absolute atomic E-state index is 12.0. The van der Waals surface area contributed by atoms with E-state index < -0.39 is 7.72 Å². The van der Waals surface area contributed by atoms with Crippen LogP contribution in [0.4, 0.5) is 0 Å². The van der Waals surface area contributed by atoms with Gasteiger partial charge >= 0.3 is 0 Å². The minimum atomic E-state index is -3.28. The summed E-state index contributed by atoms with van der Waals surface area (Å²) >= 11 is 11.8. The van der Waals surface area contributed by atoms with Gasteiger partial charge in [-0.05, 0) is 23.3 Å². The number of rotatable bonds is 8. The zero-order valence-corrected chi connectivity index (χ0v) is 15.4.